The lowest BCUT2D eigenvalue weighted by molar-refractivity contribution is 0.423. The maximum Gasteiger partial charge on any atom is 0.166 e. The molecule has 17 heavy (non-hydrogen) atoms. The van der Waals surface area contributed by atoms with Crippen LogP contribution in [0.15, 0.2) is 34.1 Å². The Morgan fingerprint density at radius 3 is 2.71 bits per heavy atom. The van der Waals surface area contributed by atoms with Crippen LogP contribution < -0.4 is 5.73 Å². The van der Waals surface area contributed by atoms with Crippen molar-refractivity contribution in [2.75, 3.05) is 0 Å². The summed E-state index contributed by atoms with van der Waals surface area (Å²) in [7, 11) is 0. The van der Waals surface area contributed by atoms with Crippen LogP contribution in [0.25, 0.3) is 0 Å². The van der Waals surface area contributed by atoms with E-state index in [9.17, 15) is 9.50 Å². The molecule has 0 saturated carbocycles. The molecule has 0 aliphatic carbocycles. The minimum Gasteiger partial charge on any atom is -0.505 e. The first-order valence-corrected chi connectivity index (χ1v) is 6.23. The highest BCUT2D eigenvalue weighted by molar-refractivity contribution is 9.10. The minimum absolute atomic E-state index is 0. The van der Waals surface area contributed by atoms with E-state index in [1.807, 2.05) is 17.5 Å². The molecule has 2 nitrogen and oxygen atoms in total. The van der Waals surface area contributed by atoms with Gasteiger partial charge in [0.1, 0.15) is 0 Å². The van der Waals surface area contributed by atoms with Gasteiger partial charge in [-0.3, -0.25) is 0 Å². The van der Waals surface area contributed by atoms with Gasteiger partial charge in [0, 0.05) is 14.9 Å². The van der Waals surface area contributed by atoms with Gasteiger partial charge in [0.25, 0.3) is 0 Å². The molecule has 2 aromatic rings. The molecule has 0 aliphatic rings. The predicted octanol–water partition coefficient (Wildman–Crippen LogP) is 3.83. The van der Waals surface area contributed by atoms with Gasteiger partial charge >= 0.3 is 0 Å². The Kier molecular flexibility index (Phi) is 4.94. The molecule has 0 aliphatic heterocycles. The van der Waals surface area contributed by atoms with E-state index in [1.54, 1.807) is 6.07 Å². The maximum absolute atomic E-state index is 13.3. The smallest absolute Gasteiger partial charge is 0.166 e. The van der Waals surface area contributed by atoms with Crippen molar-refractivity contribution in [3.8, 4) is 5.75 Å². The van der Waals surface area contributed by atoms with Gasteiger partial charge in [0.2, 0.25) is 0 Å². The Bertz CT molecular complexity index is 506. The van der Waals surface area contributed by atoms with E-state index in [4.69, 9.17) is 5.73 Å². The van der Waals surface area contributed by atoms with Gasteiger partial charge < -0.3 is 10.8 Å². The Hall–Kier alpha value is -0.620. The summed E-state index contributed by atoms with van der Waals surface area (Å²) in [6.45, 7) is 0. The fourth-order valence-corrected chi connectivity index (χ4v) is 2.64. The van der Waals surface area contributed by atoms with Gasteiger partial charge in [0.05, 0.1) is 6.04 Å². The number of phenolic OH excluding ortho intramolecular Hbond substituents is 1. The van der Waals surface area contributed by atoms with Gasteiger partial charge in [-0.2, -0.15) is 0 Å². The molecule has 1 heterocycles. The van der Waals surface area contributed by atoms with E-state index in [0.717, 1.165) is 4.88 Å². The average molecular weight is 339 g/mol. The van der Waals surface area contributed by atoms with Crippen LogP contribution in [-0.2, 0) is 0 Å². The van der Waals surface area contributed by atoms with Crippen molar-refractivity contribution >= 4 is 39.7 Å². The minimum atomic E-state index is -0.670. The number of aromatic hydroxyl groups is 1. The highest BCUT2D eigenvalue weighted by Crippen LogP contribution is 2.34. The van der Waals surface area contributed by atoms with Crippen LogP contribution in [0.3, 0.4) is 0 Å². The van der Waals surface area contributed by atoms with Crippen molar-refractivity contribution < 1.29 is 9.50 Å². The number of halogens is 3. The fraction of sp³-hybridized carbons (Fsp3) is 0.0909. The predicted molar refractivity (Wildman–Crippen MR) is 73.4 cm³/mol. The van der Waals surface area contributed by atoms with Crippen molar-refractivity contribution in [2.45, 2.75) is 6.04 Å². The second-order valence-corrected chi connectivity index (χ2v) is 5.21. The molecule has 1 atom stereocenters. The van der Waals surface area contributed by atoms with Crippen molar-refractivity contribution in [3.63, 3.8) is 0 Å². The lowest BCUT2D eigenvalue weighted by atomic mass is 10.1. The summed E-state index contributed by atoms with van der Waals surface area (Å²) in [4.78, 5) is 0.882. The van der Waals surface area contributed by atoms with E-state index < -0.39 is 11.9 Å². The normalized spacial score (nSPS) is 11.9. The Morgan fingerprint density at radius 1 is 1.41 bits per heavy atom. The van der Waals surface area contributed by atoms with Crippen molar-refractivity contribution in [3.05, 3.63) is 50.4 Å². The summed E-state index contributed by atoms with van der Waals surface area (Å²) < 4.78 is 13.9. The first kappa shape index (κ1) is 14.4. The van der Waals surface area contributed by atoms with Crippen LogP contribution in [0.2, 0.25) is 0 Å². The number of hydrogen-bond acceptors (Lipinski definition) is 3. The van der Waals surface area contributed by atoms with Gasteiger partial charge in [-0.15, -0.1) is 23.7 Å². The maximum atomic E-state index is 13.3. The zero-order valence-corrected chi connectivity index (χ0v) is 11.8. The van der Waals surface area contributed by atoms with Crippen molar-refractivity contribution in [2.24, 2.45) is 5.73 Å². The number of hydrogen-bond donors (Lipinski definition) is 2. The number of benzene rings is 1. The second kappa shape index (κ2) is 5.82. The Labute approximate surface area is 117 Å². The molecule has 0 amide bonds. The highest BCUT2D eigenvalue weighted by atomic mass is 79.9. The molecule has 3 N–H and O–H groups in total. The summed E-state index contributed by atoms with van der Waals surface area (Å²) in [5.74, 6) is -1.06. The number of thiophene rings is 1. The zero-order valence-electron chi connectivity index (χ0n) is 8.56. The van der Waals surface area contributed by atoms with Crippen molar-refractivity contribution in [1.82, 2.24) is 0 Å². The summed E-state index contributed by atoms with van der Waals surface area (Å²) in [5.41, 5.74) is 6.35. The second-order valence-electron chi connectivity index (χ2n) is 3.32. The third-order valence-corrected chi connectivity index (χ3v) is 3.66. The molecule has 0 unspecified atom stereocenters. The number of rotatable bonds is 2. The topological polar surface area (TPSA) is 46.2 Å². The van der Waals surface area contributed by atoms with Gasteiger partial charge in [-0.25, -0.2) is 4.39 Å². The molecule has 0 bridgehead atoms. The summed E-state index contributed by atoms with van der Waals surface area (Å²) in [5, 5.41) is 11.5. The summed E-state index contributed by atoms with van der Waals surface area (Å²) in [6, 6.07) is 6.05. The van der Waals surface area contributed by atoms with Crippen LogP contribution >= 0.6 is 39.7 Å². The number of nitrogens with two attached hydrogens (primary N) is 1. The first-order valence-electron chi connectivity index (χ1n) is 4.56. The van der Waals surface area contributed by atoms with Crippen LogP contribution in [0.1, 0.15) is 16.5 Å². The number of phenols is 1. The molecule has 0 spiro atoms. The summed E-state index contributed by atoms with van der Waals surface area (Å²) >= 11 is 4.65. The van der Waals surface area contributed by atoms with E-state index in [0.29, 0.717) is 10.0 Å². The third kappa shape index (κ3) is 2.98. The van der Waals surface area contributed by atoms with Crippen LogP contribution in [-0.4, -0.2) is 5.11 Å². The quantitative estimate of drug-likeness (QED) is 0.874. The molecule has 0 saturated heterocycles. The van der Waals surface area contributed by atoms with E-state index in [2.05, 4.69) is 15.9 Å². The van der Waals surface area contributed by atoms with E-state index >= 15 is 0 Å². The molecule has 1 aromatic carbocycles. The monoisotopic (exact) mass is 337 g/mol. The Morgan fingerprint density at radius 2 is 2.12 bits per heavy atom. The van der Waals surface area contributed by atoms with Gasteiger partial charge in [0.15, 0.2) is 11.6 Å². The zero-order chi connectivity index (χ0) is 11.7. The molecule has 0 radical (unpaired) electrons. The SMILES string of the molecule is Cl.N[C@H](c1cccs1)c1cc(Br)cc(F)c1O. The molecular formula is C11H10BrClFNOS. The first-order chi connectivity index (χ1) is 7.59. The van der Waals surface area contributed by atoms with E-state index in [1.165, 1.54) is 17.4 Å². The lowest BCUT2D eigenvalue weighted by Gasteiger charge is -2.13. The molecule has 2 rings (SSSR count). The largest absolute Gasteiger partial charge is 0.505 e. The fourth-order valence-electron chi connectivity index (χ4n) is 1.44. The molecule has 1 aromatic heterocycles. The van der Waals surface area contributed by atoms with Gasteiger partial charge in [-0.1, -0.05) is 22.0 Å². The average Bonchev–Trinajstić information content (AvgIpc) is 2.75. The molecule has 92 valence electrons. The summed E-state index contributed by atoms with van der Waals surface area (Å²) in [6.07, 6.45) is 0. The van der Waals surface area contributed by atoms with Crippen LogP contribution in [0.4, 0.5) is 4.39 Å². The lowest BCUT2D eigenvalue weighted by Crippen LogP contribution is -2.11. The van der Waals surface area contributed by atoms with Gasteiger partial charge in [-0.05, 0) is 23.6 Å². The van der Waals surface area contributed by atoms with Crippen LogP contribution in [0.5, 0.6) is 5.75 Å². The van der Waals surface area contributed by atoms with Crippen LogP contribution in [0, 0.1) is 5.82 Å². The molecule has 6 heteroatoms. The van der Waals surface area contributed by atoms with Crippen molar-refractivity contribution in [1.29, 1.82) is 0 Å². The standard InChI is InChI=1S/C11H9BrFNOS.ClH/c12-6-4-7(11(15)8(13)5-6)10(14)9-2-1-3-16-9;/h1-5,10,15H,14H2;1H/t10-;/m0./s1. The molecular weight excluding hydrogens is 329 g/mol. The molecule has 0 fully saturated rings. The van der Waals surface area contributed by atoms with E-state index in [-0.39, 0.29) is 18.2 Å². The third-order valence-electron chi connectivity index (χ3n) is 2.24. The highest BCUT2D eigenvalue weighted by Gasteiger charge is 2.17. The Balaban J connectivity index is 0.00000144.